The van der Waals surface area contributed by atoms with Crippen LogP contribution in [0, 0.1) is 0 Å². The Labute approximate surface area is 120 Å². The van der Waals surface area contributed by atoms with Crippen LogP contribution in [0.2, 0.25) is 0 Å². The SMILES string of the molecule is CCOP(=O)(OCC)[C@H](N)c1ccccc1OC(C)C. The summed E-state index contributed by atoms with van der Waals surface area (Å²) >= 11 is 0. The average molecular weight is 301 g/mol. The highest BCUT2D eigenvalue weighted by atomic mass is 31.2. The van der Waals surface area contributed by atoms with E-state index in [1.165, 1.54) is 0 Å². The number of benzene rings is 1. The first-order chi connectivity index (χ1) is 9.44. The normalized spacial score (nSPS) is 13.5. The lowest BCUT2D eigenvalue weighted by molar-refractivity contribution is 0.209. The highest BCUT2D eigenvalue weighted by molar-refractivity contribution is 7.54. The fraction of sp³-hybridized carbons (Fsp3) is 0.571. The Balaban J connectivity index is 3.11. The largest absolute Gasteiger partial charge is 0.491 e. The molecule has 1 rings (SSSR count). The lowest BCUT2D eigenvalue weighted by Gasteiger charge is -2.25. The summed E-state index contributed by atoms with van der Waals surface area (Å²) < 4.78 is 29.0. The molecule has 0 radical (unpaired) electrons. The van der Waals surface area contributed by atoms with Crippen LogP contribution in [0.5, 0.6) is 5.75 Å². The van der Waals surface area contributed by atoms with Gasteiger partial charge in [-0.3, -0.25) is 4.57 Å². The highest BCUT2D eigenvalue weighted by Crippen LogP contribution is 2.59. The summed E-state index contributed by atoms with van der Waals surface area (Å²) in [6, 6.07) is 7.26. The van der Waals surface area contributed by atoms with E-state index in [1.807, 2.05) is 26.0 Å². The van der Waals surface area contributed by atoms with Crippen molar-refractivity contribution in [2.75, 3.05) is 13.2 Å². The van der Waals surface area contributed by atoms with E-state index in [0.29, 0.717) is 11.3 Å². The van der Waals surface area contributed by atoms with Crippen LogP contribution in [0.3, 0.4) is 0 Å². The summed E-state index contributed by atoms with van der Waals surface area (Å²) in [5.74, 6) is -0.257. The van der Waals surface area contributed by atoms with Gasteiger partial charge in [0, 0.05) is 5.56 Å². The zero-order valence-corrected chi connectivity index (χ0v) is 13.4. The Morgan fingerprint density at radius 2 is 1.70 bits per heavy atom. The molecule has 0 saturated heterocycles. The predicted molar refractivity (Wildman–Crippen MR) is 80.0 cm³/mol. The molecule has 0 fully saturated rings. The van der Waals surface area contributed by atoms with Crippen molar-refractivity contribution in [3.63, 3.8) is 0 Å². The van der Waals surface area contributed by atoms with Gasteiger partial charge in [0.25, 0.3) is 0 Å². The molecule has 0 aliphatic carbocycles. The van der Waals surface area contributed by atoms with Crippen molar-refractivity contribution in [1.82, 2.24) is 0 Å². The molecule has 0 aliphatic rings. The van der Waals surface area contributed by atoms with Crippen LogP contribution in [0.1, 0.15) is 39.0 Å². The first kappa shape index (κ1) is 17.2. The Kier molecular flexibility index (Phi) is 6.69. The Morgan fingerprint density at radius 1 is 1.15 bits per heavy atom. The topological polar surface area (TPSA) is 70.8 Å². The summed E-state index contributed by atoms with van der Waals surface area (Å²) in [5.41, 5.74) is 6.76. The van der Waals surface area contributed by atoms with E-state index in [-0.39, 0.29) is 19.3 Å². The Morgan fingerprint density at radius 3 is 2.20 bits per heavy atom. The first-order valence-electron chi connectivity index (χ1n) is 6.84. The van der Waals surface area contributed by atoms with Crippen molar-refractivity contribution < 1.29 is 18.3 Å². The summed E-state index contributed by atoms with van der Waals surface area (Å²) in [7, 11) is -3.40. The van der Waals surface area contributed by atoms with Crippen molar-refractivity contribution in [1.29, 1.82) is 0 Å². The molecular weight excluding hydrogens is 277 g/mol. The van der Waals surface area contributed by atoms with Gasteiger partial charge in [0.2, 0.25) is 0 Å². The van der Waals surface area contributed by atoms with E-state index in [1.54, 1.807) is 26.0 Å². The quantitative estimate of drug-likeness (QED) is 0.741. The van der Waals surface area contributed by atoms with Gasteiger partial charge in [-0.2, -0.15) is 0 Å². The molecule has 1 aromatic carbocycles. The average Bonchev–Trinajstić information content (AvgIpc) is 2.38. The zero-order chi connectivity index (χ0) is 15.2. The van der Waals surface area contributed by atoms with E-state index < -0.39 is 13.4 Å². The lowest BCUT2D eigenvalue weighted by Crippen LogP contribution is -2.17. The van der Waals surface area contributed by atoms with Crippen molar-refractivity contribution in [3.8, 4) is 5.75 Å². The fourth-order valence-electron chi connectivity index (χ4n) is 1.81. The standard InChI is InChI=1S/C14H24NO4P/c1-5-17-20(16,18-6-2)14(15)12-9-7-8-10-13(12)19-11(3)4/h7-11,14H,5-6,15H2,1-4H3/t14-/m0/s1. The number of rotatable bonds is 8. The maximum Gasteiger partial charge on any atom is 0.351 e. The summed E-state index contributed by atoms with van der Waals surface area (Å²) in [4.78, 5) is 0. The molecule has 1 aromatic rings. The molecule has 0 saturated carbocycles. The molecule has 0 bridgehead atoms. The van der Waals surface area contributed by atoms with Gasteiger partial charge in [0.05, 0.1) is 19.3 Å². The van der Waals surface area contributed by atoms with Crippen LogP contribution < -0.4 is 10.5 Å². The second kappa shape index (κ2) is 7.79. The van der Waals surface area contributed by atoms with Gasteiger partial charge in [0.15, 0.2) is 0 Å². The third-order valence-electron chi connectivity index (χ3n) is 2.56. The van der Waals surface area contributed by atoms with Crippen LogP contribution in [-0.2, 0) is 13.6 Å². The van der Waals surface area contributed by atoms with Crippen LogP contribution in [-0.4, -0.2) is 19.3 Å². The number of ether oxygens (including phenoxy) is 1. The second-order valence-electron chi connectivity index (χ2n) is 4.52. The predicted octanol–water partition coefficient (Wildman–Crippen LogP) is 3.70. The molecule has 0 amide bonds. The summed E-state index contributed by atoms with van der Waals surface area (Å²) in [6.07, 6.45) is 0.00178. The van der Waals surface area contributed by atoms with Crippen molar-refractivity contribution in [3.05, 3.63) is 29.8 Å². The van der Waals surface area contributed by atoms with Gasteiger partial charge in [-0.05, 0) is 33.8 Å². The number of para-hydroxylation sites is 1. The lowest BCUT2D eigenvalue weighted by atomic mass is 10.2. The molecule has 0 aromatic heterocycles. The van der Waals surface area contributed by atoms with Crippen LogP contribution in [0.4, 0.5) is 0 Å². The maximum atomic E-state index is 12.7. The molecule has 1 atom stereocenters. The Bertz CT molecular complexity index is 454. The first-order valence-corrected chi connectivity index (χ1v) is 8.45. The molecule has 2 N–H and O–H groups in total. The highest BCUT2D eigenvalue weighted by Gasteiger charge is 2.35. The molecule has 0 heterocycles. The molecule has 20 heavy (non-hydrogen) atoms. The van der Waals surface area contributed by atoms with Gasteiger partial charge in [-0.15, -0.1) is 0 Å². The van der Waals surface area contributed by atoms with E-state index in [2.05, 4.69) is 0 Å². The van der Waals surface area contributed by atoms with Crippen molar-refractivity contribution in [2.45, 2.75) is 39.6 Å². The minimum Gasteiger partial charge on any atom is -0.491 e. The number of hydrogen-bond donors (Lipinski definition) is 1. The number of nitrogens with two attached hydrogens (primary N) is 1. The molecule has 6 heteroatoms. The van der Waals surface area contributed by atoms with Crippen molar-refractivity contribution in [2.24, 2.45) is 5.73 Å². The van der Waals surface area contributed by atoms with Crippen LogP contribution >= 0.6 is 7.60 Å². The zero-order valence-electron chi connectivity index (χ0n) is 12.5. The van der Waals surface area contributed by atoms with E-state index in [9.17, 15) is 4.57 Å². The molecule has 5 nitrogen and oxygen atoms in total. The number of hydrogen-bond acceptors (Lipinski definition) is 5. The summed E-state index contributed by atoms with van der Waals surface area (Å²) in [5, 5.41) is 0. The van der Waals surface area contributed by atoms with Gasteiger partial charge in [-0.25, -0.2) is 0 Å². The Hall–Kier alpha value is -0.870. The molecule has 114 valence electrons. The molecular formula is C14H24NO4P. The molecule has 0 spiro atoms. The van der Waals surface area contributed by atoms with Crippen molar-refractivity contribution >= 4 is 7.60 Å². The van der Waals surface area contributed by atoms with Gasteiger partial charge in [0.1, 0.15) is 11.5 Å². The van der Waals surface area contributed by atoms with Crippen LogP contribution in [0.25, 0.3) is 0 Å². The minimum absolute atomic E-state index is 0.00178. The molecule has 0 unspecified atom stereocenters. The summed E-state index contributed by atoms with van der Waals surface area (Å²) in [6.45, 7) is 7.92. The maximum absolute atomic E-state index is 12.7. The van der Waals surface area contributed by atoms with E-state index in [4.69, 9.17) is 19.5 Å². The third-order valence-corrected chi connectivity index (χ3v) is 4.75. The third kappa shape index (κ3) is 4.32. The van der Waals surface area contributed by atoms with E-state index >= 15 is 0 Å². The smallest absolute Gasteiger partial charge is 0.351 e. The van der Waals surface area contributed by atoms with E-state index in [0.717, 1.165) is 0 Å². The molecule has 0 aliphatic heterocycles. The van der Waals surface area contributed by atoms with Gasteiger partial charge in [-0.1, -0.05) is 18.2 Å². The van der Waals surface area contributed by atoms with Gasteiger partial charge >= 0.3 is 7.60 Å². The second-order valence-corrected chi connectivity index (χ2v) is 6.68. The van der Waals surface area contributed by atoms with Crippen LogP contribution in [0.15, 0.2) is 24.3 Å². The van der Waals surface area contributed by atoms with Gasteiger partial charge < -0.3 is 19.5 Å². The fourth-order valence-corrected chi connectivity index (χ4v) is 3.48. The monoisotopic (exact) mass is 301 g/mol. The minimum atomic E-state index is -3.40.